The summed E-state index contributed by atoms with van der Waals surface area (Å²) in [4.78, 5) is 2.51. The molecule has 1 spiro atoms. The summed E-state index contributed by atoms with van der Waals surface area (Å²) < 4.78 is 13.6. The van der Waals surface area contributed by atoms with Crippen molar-refractivity contribution in [2.24, 2.45) is 5.10 Å². The highest BCUT2D eigenvalue weighted by Gasteiger charge is 2.52. The molecule has 0 saturated carbocycles. The molecule has 0 amide bonds. The smallest absolute Gasteiger partial charge is 0.200 e. The average molecular weight is 553 g/mol. The first-order valence-corrected chi connectivity index (χ1v) is 13.2. The van der Waals surface area contributed by atoms with Crippen molar-refractivity contribution in [3.05, 3.63) is 92.9 Å². The summed E-state index contributed by atoms with van der Waals surface area (Å²) in [5.41, 5.74) is 4.12. The highest BCUT2D eigenvalue weighted by molar-refractivity contribution is 9.10. The van der Waals surface area contributed by atoms with Crippen LogP contribution in [0.3, 0.4) is 0 Å². The van der Waals surface area contributed by atoms with Crippen molar-refractivity contribution in [2.45, 2.75) is 37.6 Å². The summed E-state index contributed by atoms with van der Waals surface area (Å²) in [5.74, 6) is 1.61. The Labute approximate surface area is 219 Å². The van der Waals surface area contributed by atoms with Gasteiger partial charge in [-0.1, -0.05) is 70.0 Å². The number of rotatable bonds is 4. The van der Waals surface area contributed by atoms with Gasteiger partial charge in [0.1, 0.15) is 0 Å². The molecule has 6 rings (SSSR count). The van der Waals surface area contributed by atoms with Crippen LogP contribution >= 0.6 is 27.5 Å². The minimum Gasteiger partial charge on any atom is -0.493 e. The van der Waals surface area contributed by atoms with E-state index >= 15 is 0 Å². The largest absolute Gasteiger partial charge is 0.493 e. The third-order valence-electron chi connectivity index (χ3n) is 7.31. The number of fused-ring (bicyclic) bond motifs is 4. The fourth-order valence-electron chi connectivity index (χ4n) is 5.51. The SMILES string of the molecule is COc1cc(Br)cc2c1OC1(CCN(Cc3ccccc3)CC1)N1N=C(c3ccc(Cl)cc3)CC21. The van der Waals surface area contributed by atoms with Crippen LogP contribution in [-0.4, -0.2) is 41.5 Å². The van der Waals surface area contributed by atoms with Gasteiger partial charge in [0, 0.05) is 54.0 Å². The molecule has 7 heteroatoms. The Kier molecular flexibility index (Phi) is 5.99. The van der Waals surface area contributed by atoms with E-state index in [2.05, 4.69) is 74.4 Å². The first-order valence-electron chi connectivity index (χ1n) is 12.0. The molecule has 3 heterocycles. The van der Waals surface area contributed by atoms with Crippen LogP contribution in [0, 0.1) is 0 Å². The molecule has 3 aliphatic rings. The number of hydrogen-bond donors (Lipinski definition) is 0. The lowest BCUT2D eigenvalue weighted by atomic mass is 9.90. The van der Waals surface area contributed by atoms with Crippen LogP contribution in [0.2, 0.25) is 5.02 Å². The van der Waals surface area contributed by atoms with E-state index in [4.69, 9.17) is 26.2 Å². The second-order valence-corrected chi connectivity index (χ2v) is 10.8. The maximum absolute atomic E-state index is 6.88. The molecule has 1 unspecified atom stereocenters. The van der Waals surface area contributed by atoms with Crippen LogP contribution in [0.25, 0.3) is 0 Å². The lowest BCUT2D eigenvalue weighted by Crippen LogP contribution is -2.59. The topological polar surface area (TPSA) is 37.3 Å². The molecular weight excluding hydrogens is 526 g/mol. The molecule has 3 aromatic rings. The molecule has 0 bridgehead atoms. The Hall–Kier alpha value is -2.54. The van der Waals surface area contributed by atoms with Gasteiger partial charge < -0.3 is 9.47 Å². The predicted octanol–water partition coefficient (Wildman–Crippen LogP) is 6.65. The zero-order valence-corrected chi connectivity index (χ0v) is 21.9. The van der Waals surface area contributed by atoms with Crippen molar-refractivity contribution < 1.29 is 9.47 Å². The molecule has 5 nitrogen and oxygen atoms in total. The molecule has 3 aliphatic heterocycles. The molecular formula is C28H27BrClN3O2. The third-order valence-corrected chi connectivity index (χ3v) is 8.02. The van der Waals surface area contributed by atoms with Crippen LogP contribution < -0.4 is 9.47 Å². The van der Waals surface area contributed by atoms with Gasteiger partial charge in [0.05, 0.1) is 18.9 Å². The van der Waals surface area contributed by atoms with Gasteiger partial charge in [-0.05, 0) is 35.4 Å². The second kappa shape index (κ2) is 9.16. The predicted molar refractivity (Wildman–Crippen MR) is 142 cm³/mol. The number of hydrogen-bond acceptors (Lipinski definition) is 5. The Bertz CT molecular complexity index is 1260. The van der Waals surface area contributed by atoms with Gasteiger partial charge in [-0.2, -0.15) is 5.10 Å². The molecule has 3 aromatic carbocycles. The van der Waals surface area contributed by atoms with Gasteiger partial charge in [-0.25, -0.2) is 5.01 Å². The van der Waals surface area contributed by atoms with E-state index in [-0.39, 0.29) is 6.04 Å². The van der Waals surface area contributed by atoms with Gasteiger partial charge in [-0.3, -0.25) is 4.90 Å². The van der Waals surface area contributed by atoms with Crippen molar-refractivity contribution >= 4 is 33.2 Å². The number of halogens is 2. The quantitative estimate of drug-likeness (QED) is 0.363. The van der Waals surface area contributed by atoms with Crippen LogP contribution in [-0.2, 0) is 6.54 Å². The molecule has 1 fully saturated rings. The van der Waals surface area contributed by atoms with E-state index in [1.54, 1.807) is 7.11 Å². The van der Waals surface area contributed by atoms with Gasteiger partial charge in [0.15, 0.2) is 11.5 Å². The van der Waals surface area contributed by atoms with Crippen LogP contribution in [0.4, 0.5) is 0 Å². The Morgan fingerprint density at radius 3 is 2.54 bits per heavy atom. The van der Waals surface area contributed by atoms with Gasteiger partial charge in [-0.15, -0.1) is 0 Å². The highest BCUT2D eigenvalue weighted by atomic mass is 79.9. The monoisotopic (exact) mass is 551 g/mol. The fourth-order valence-corrected chi connectivity index (χ4v) is 6.09. The number of ether oxygens (including phenoxy) is 2. The molecule has 180 valence electrons. The van der Waals surface area contributed by atoms with Crippen molar-refractivity contribution in [3.8, 4) is 11.5 Å². The Morgan fingerprint density at radius 2 is 1.83 bits per heavy atom. The maximum Gasteiger partial charge on any atom is 0.200 e. The molecule has 1 saturated heterocycles. The average Bonchev–Trinajstić information content (AvgIpc) is 3.34. The minimum atomic E-state index is -0.500. The summed E-state index contributed by atoms with van der Waals surface area (Å²) in [6, 6.07) is 22.9. The minimum absolute atomic E-state index is 0.0940. The van der Waals surface area contributed by atoms with E-state index < -0.39 is 5.72 Å². The highest BCUT2D eigenvalue weighted by Crippen LogP contribution is 2.53. The standard InChI is InChI=1S/C28H27BrClN3O2/c1-34-26-16-21(29)15-23-25-17-24(20-7-9-22(30)10-8-20)31-33(25)28(35-27(23)26)11-13-32(14-12-28)18-19-5-3-2-4-6-19/h2-10,15-16,25H,11-14,17-18H2,1H3. The van der Waals surface area contributed by atoms with Crippen molar-refractivity contribution in [1.82, 2.24) is 9.91 Å². The van der Waals surface area contributed by atoms with Crippen molar-refractivity contribution in [2.75, 3.05) is 20.2 Å². The lowest BCUT2D eigenvalue weighted by Gasteiger charge is -2.51. The van der Waals surface area contributed by atoms with Crippen LogP contribution in [0.15, 0.2) is 76.3 Å². The Morgan fingerprint density at radius 1 is 1.09 bits per heavy atom. The number of nitrogens with zero attached hydrogens (tertiary/aromatic N) is 3. The van der Waals surface area contributed by atoms with E-state index in [1.165, 1.54) is 5.56 Å². The molecule has 0 aromatic heterocycles. The summed E-state index contributed by atoms with van der Waals surface area (Å²) in [5, 5.41) is 8.16. The van der Waals surface area contributed by atoms with Gasteiger partial charge >= 0.3 is 0 Å². The zero-order chi connectivity index (χ0) is 24.0. The molecule has 1 atom stereocenters. The number of piperidine rings is 1. The zero-order valence-electron chi connectivity index (χ0n) is 19.6. The molecule has 0 aliphatic carbocycles. The summed E-state index contributed by atoms with van der Waals surface area (Å²) in [7, 11) is 1.71. The van der Waals surface area contributed by atoms with Crippen LogP contribution in [0.1, 0.15) is 42.0 Å². The number of benzene rings is 3. The van der Waals surface area contributed by atoms with Gasteiger partial charge in [0.25, 0.3) is 0 Å². The molecule has 35 heavy (non-hydrogen) atoms. The second-order valence-electron chi connectivity index (χ2n) is 9.45. The van der Waals surface area contributed by atoms with Crippen molar-refractivity contribution in [1.29, 1.82) is 0 Å². The first-order chi connectivity index (χ1) is 17.0. The normalized spacial score (nSPS) is 20.7. The summed E-state index contributed by atoms with van der Waals surface area (Å²) in [6.45, 7) is 2.84. The van der Waals surface area contributed by atoms with E-state index in [0.29, 0.717) is 0 Å². The lowest BCUT2D eigenvalue weighted by molar-refractivity contribution is -0.151. The van der Waals surface area contributed by atoms with Gasteiger partial charge in [0.2, 0.25) is 5.72 Å². The maximum atomic E-state index is 6.88. The summed E-state index contributed by atoms with van der Waals surface area (Å²) in [6.07, 6.45) is 2.55. The molecule has 0 radical (unpaired) electrons. The van der Waals surface area contributed by atoms with Crippen molar-refractivity contribution in [3.63, 3.8) is 0 Å². The third kappa shape index (κ3) is 4.22. The first kappa shape index (κ1) is 22.9. The van der Waals surface area contributed by atoms with E-state index in [9.17, 15) is 0 Å². The van der Waals surface area contributed by atoms with E-state index in [0.717, 1.165) is 76.7 Å². The van der Waals surface area contributed by atoms with E-state index in [1.807, 2.05) is 18.2 Å². The number of hydrazone groups is 1. The summed E-state index contributed by atoms with van der Waals surface area (Å²) >= 11 is 9.81. The number of likely N-dealkylation sites (tertiary alicyclic amines) is 1. The van der Waals surface area contributed by atoms with Crippen LogP contribution in [0.5, 0.6) is 11.5 Å². The Balaban J connectivity index is 1.34. The number of methoxy groups -OCH3 is 1. The molecule has 0 N–H and O–H groups in total. The fraction of sp³-hybridized carbons (Fsp3) is 0.321.